The average Bonchev–Trinajstić information content (AvgIpc) is 3.14. The van der Waals surface area contributed by atoms with E-state index < -0.39 is 5.54 Å². The van der Waals surface area contributed by atoms with Crippen LogP contribution in [0.2, 0.25) is 0 Å². The topological polar surface area (TPSA) is 91.5 Å². The third-order valence-electron chi connectivity index (χ3n) is 4.70. The van der Waals surface area contributed by atoms with Crippen molar-refractivity contribution in [3.8, 4) is 22.8 Å². The van der Waals surface area contributed by atoms with Crippen LogP contribution in [-0.2, 0) is 6.42 Å². The minimum absolute atomic E-state index is 0. The molecule has 0 aliphatic heterocycles. The van der Waals surface area contributed by atoms with Gasteiger partial charge < -0.3 is 25.7 Å². The van der Waals surface area contributed by atoms with Crippen LogP contribution in [0.5, 0.6) is 11.5 Å². The normalized spacial score (nSPS) is 11.1. The molecule has 3 aromatic rings. The molecule has 2 aromatic carbocycles. The minimum atomic E-state index is -0.936. The van der Waals surface area contributed by atoms with E-state index in [9.17, 15) is 10.2 Å². The Morgan fingerprint density at radius 3 is 1.96 bits per heavy atom. The maximum atomic E-state index is 9.26. The molecule has 6 heteroatoms. The van der Waals surface area contributed by atoms with E-state index in [-0.39, 0.29) is 25.6 Å². The summed E-state index contributed by atoms with van der Waals surface area (Å²) in [6, 6.07) is 19.8. The second-order valence-corrected chi connectivity index (χ2v) is 7.00. The summed E-state index contributed by atoms with van der Waals surface area (Å²) in [4.78, 5) is 3.32. The summed E-state index contributed by atoms with van der Waals surface area (Å²) in [6.45, 7) is 1.57. The highest BCUT2D eigenvalue weighted by atomic mass is 35.5. The second kappa shape index (κ2) is 9.75. The lowest BCUT2D eigenvalue weighted by Crippen LogP contribution is -2.47. The fourth-order valence-corrected chi connectivity index (χ4v) is 2.84. The van der Waals surface area contributed by atoms with E-state index in [0.29, 0.717) is 12.8 Å². The number of aryl methyl sites for hydroxylation is 2. The van der Waals surface area contributed by atoms with Crippen molar-refractivity contribution in [1.82, 2.24) is 4.98 Å². The summed E-state index contributed by atoms with van der Waals surface area (Å²) >= 11 is 0. The molecule has 0 radical (unpaired) electrons. The van der Waals surface area contributed by atoms with Gasteiger partial charge in [0.15, 0.2) is 0 Å². The number of aliphatic hydroxyl groups excluding tert-OH is 2. The lowest BCUT2D eigenvalue weighted by atomic mass is 9.94. The first-order valence-electron chi connectivity index (χ1n) is 9.05. The molecule has 0 unspecified atom stereocenters. The van der Waals surface area contributed by atoms with E-state index in [1.165, 1.54) is 0 Å². The molecule has 5 nitrogen and oxygen atoms in total. The molecule has 3 rings (SSSR count). The van der Waals surface area contributed by atoms with Crippen molar-refractivity contribution >= 4 is 12.4 Å². The molecule has 28 heavy (non-hydrogen) atoms. The Labute approximate surface area is 171 Å². The number of nitrogens with one attached hydrogen (secondary N) is 1. The van der Waals surface area contributed by atoms with Gasteiger partial charge in [0, 0.05) is 11.4 Å². The number of aromatic amines is 1. The Kier molecular flexibility index (Phi) is 7.66. The molecular formula is C22H27ClN2O3. The van der Waals surface area contributed by atoms with Crippen LogP contribution in [0.1, 0.15) is 17.7 Å². The summed E-state index contributed by atoms with van der Waals surface area (Å²) < 4.78 is 5.90. The monoisotopic (exact) mass is 402 g/mol. The fourth-order valence-electron chi connectivity index (χ4n) is 2.84. The molecule has 0 amide bonds. The largest absolute Gasteiger partial charge is 0.457 e. The summed E-state index contributed by atoms with van der Waals surface area (Å²) in [5, 5.41) is 18.5. The van der Waals surface area contributed by atoms with E-state index in [1.807, 2.05) is 55.5 Å². The van der Waals surface area contributed by atoms with Crippen LogP contribution in [0.25, 0.3) is 11.3 Å². The number of nitrogens with two attached hydrogens (primary N) is 1. The van der Waals surface area contributed by atoms with Crippen LogP contribution in [-0.4, -0.2) is 33.9 Å². The number of rotatable bonds is 8. The first-order valence-corrected chi connectivity index (χ1v) is 9.05. The van der Waals surface area contributed by atoms with Gasteiger partial charge >= 0.3 is 0 Å². The van der Waals surface area contributed by atoms with Crippen LogP contribution in [0.4, 0.5) is 0 Å². The smallest absolute Gasteiger partial charge is 0.127 e. The van der Waals surface area contributed by atoms with Gasteiger partial charge in [0.05, 0.1) is 18.8 Å². The van der Waals surface area contributed by atoms with Gasteiger partial charge in [0.25, 0.3) is 0 Å². The standard InChI is InChI=1S/C22H26N2O3.ClH/c1-16-2-11-21(24-16)18-5-9-20(10-6-18)27-19-7-3-17(4-8-19)12-13-22(23,14-25)15-26;/h2-11,24-26H,12-15,23H2,1H3;1H. The highest BCUT2D eigenvalue weighted by molar-refractivity contribution is 5.85. The quantitative estimate of drug-likeness (QED) is 0.461. The molecular weight excluding hydrogens is 376 g/mol. The number of hydrogen-bond donors (Lipinski definition) is 4. The Bertz CT molecular complexity index is 856. The molecule has 1 aromatic heterocycles. The number of hydrogen-bond acceptors (Lipinski definition) is 4. The lowest BCUT2D eigenvalue weighted by Gasteiger charge is -2.24. The first-order chi connectivity index (χ1) is 13.0. The highest BCUT2D eigenvalue weighted by Gasteiger charge is 2.22. The molecule has 0 fully saturated rings. The molecule has 0 saturated carbocycles. The van der Waals surface area contributed by atoms with E-state index >= 15 is 0 Å². The predicted molar refractivity (Wildman–Crippen MR) is 114 cm³/mol. The molecule has 0 aliphatic rings. The van der Waals surface area contributed by atoms with Crippen molar-refractivity contribution in [1.29, 1.82) is 0 Å². The minimum Gasteiger partial charge on any atom is -0.457 e. The molecule has 150 valence electrons. The number of halogens is 1. The molecule has 0 bridgehead atoms. The molecule has 0 atom stereocenters. The summed E-state index contributed by atoms with van der Waals surface area (Å²) in [5.74, 6) is 1.53. The summed E-state index contributed by atoms with van der Waals surface area (Å²) in [7, 11) is 0. The zero-order valence-electron chi connectivity index (χ0n) is 15.9. The van der Waals surface area contributed by atoms with E-state index in [4.69, 9.17) is 10.5 Å². The van der Waals surface area contributed by atoms with Gasteiger partial charge in [-0.3, -0.25) is 0 Å². The second-order valence-electron chi connectivity index (χ2n) is 7.00. The molecule has 5 N–H and O–H groups in total. The zero-order chi connectivity index (χ0) is 19.3. The Hall–Kier alpha value is -2.31. The molecule has 1 heterocycles. The van der Waals surface area contributed by atoms with Crippen molar-refractivity contribution in [3.05, 3.63) is 71.9 Å². The first kappa shape index (κ1) is 22.0. The Balaban J connectivity index is 0.00000280. The van der Waals surface area contributed by atoms with Crippen LogP contribution < -0.4 is 10.5 Å². The van der Waals surface area contributed by atoms with Gasteiger partial charge in [-0.2, -0.15) is 0 Å². The van der Waals surface area contributed by atoms with Crippen molar-refractivity contribution in [2.45, 2.75) is 25.3 Å². The lowest BCUT2D eigenvalue weighted by molar-refractivity contribution is 0.115. The van der Waals surface area contributed by atoms with Crippen molar-refractivity contribution < 1.29 is 14.9 Å². The van der Waals surface area contributed by atoms with Crippen molar-refractivity contribution in [2.24, 2.45) is 5.73 Å². The Morgan fingerprint density at radius 2 is 1.46 bits per heavy atom. The van der Waals surface area contributed by atoms with Gasteiger partial charge in [-0.1, -0.05) is 12.1 Å². The number of aliphatic hydroxyl groups is 2. The van der Waals surface area contributed by atoms with Crippen LogP contribution in [0.3, 0.4) is 0 Å². The zero-order valence-corrected chi connectivity index (χ0v) is 16.7. The van der Waals surface area contributed by atoms with E-state index in [2.05, 4.69) is 17.1 Å². The number of H-pyrrole nitrogens is 1. The number of aromatic nitrogens is 1. The van der Waals surface area contributed by atoms with Crippen LogP contribution in [0.15, 0.2) is 60.7 Å². The third kappa shape index (κ3) is 5.59. The third-order valence-corrected chi connectivity index (χ3v) is 4.70. The van der Waals surface area contributed by atoms with E-state index in [0.717, 1.165) is 34.0 Å². The summed E-state index contributed by atoms with van der Waals surface area (Å²) in [5.41, 5.74) is 9.39. The molecule has 0 aliphatic carbocycles. The van der Waals surface area contributed by atoms with Gasteiger partial charge in [-0.25, -0.2) is 0 Å². The van der Waals surface area contributed by atoms with Crippen molar-refractivity contribution in [3.63, 3.8) is 0 Å². The number of ether oxygens (including phenoxy) is 1. The van der Waals surface area contributed by atoms with Crippen LogP contribution in [0, 0.1) is 6.92 Å². The highest BCUT2D eigenvalue weighted by Crippen LogP contribution is 2.26. The van der Waals surface area contributed by atoms with Gasteiger partial charge in [-0.05, 0) is 79.4 Å². The maximum Gasteiger partial charge on any atom is 0.127 e. The van der Waals surface area contributed by atoms with Gasteiger partial charge in [0.2, 0.25) is 0 Å². The molecule has 0 saturated heterocycles. The van der Waals surface area contributed by atoms with Crippen molar-refractivity contribution in [2.75, 3.05) is 13.2 Å². The molecule has 0 spiro atoms. The average molecular weight is 403 g/mol. The van der Waals surface area contributed by atoms with Crippen LogP contribution >= 0.6 is 12.4 Å². The van der Waals surface area contributed by atoms with Gasteiger partial charge in [-0.15, -0.1) is 12.4 Å². The van der Waals surface area contributed by atoms with E-state index in [1.54, 1.807) is 0 Å². The predicted octanol–water partition coefficient (Wildman–Crippen LogP) is 3.82. The number of benzene rings is 2. The fraction of sp³-hybridized carbons (Fsp3) is 0.273. The SMILES string of the molecule is Cc1ccc(-c2ccc(Oc3ccc(CCC(N)(CO)CO)cc3)cc2)[nH]1.Cl. The Morgan fingerprint density at radius 1 is 0.893 bits per heavy atom. The maximum absolute atomic E-state index is 9.26. The summed E-state index contributed by atoms with van der Waals surface area (Å²) in [6.07, 6.45) is 1.20. The van der Waals surface area contributed by atoms with Gasteiger partial charge in [0.1, 0.15) is 11.5 Å².